The molecule has 0 aliphatic heterocycles. The Bertz CT molecular complexity index is 1410. The largest absolute Gasteiger partial charge is 0.508 e. The first-order valence-corrected chi connectivity index (χ1v) is 15.5. The monoisotopic (exact) mass is 617 g/mol. The fourth-order valence-electron chi connectivity index (χ4n) is 5.13. The summed E-state index contributed by atoms with van der Waals surface area (Å²) >= 11 is 0. The third-order valence-electron chi connectivity index (χ3n) is 7.40. The summed E-state index contributed by atoms with van der Waals surface area (Å²) in [6.45, 7) is 11.4. The van der Waals surface area contributed by atoms with E-state index in [0.29, 0.717) is 23.2 Å². The fraction of sp³-hybridized carbons (Fsp3) is 0.417. The van der Waals surface area contributed by atoms with Gasteiger partial charge in [-0.1, -0.05) is 68.7 Å². The van der Waals surface area contributed by atoms with Crippen LogP contribution in [0, 0.1) is 13.8 Å². The van der Waals surface area contributed by atoms with Crippen molar-refractivity contribution < 1.29 is 29.3 Å². The number of phenols is 2. The molecule has 0 bridgehead atoms. The van der Waals surface area contributed by atoms with Crippen LogP contribution in [0.3, 0.4) is 0 Å². The number of alkyl carbamates (subject to hydrolysis) is 1. The highest BCUT2D eigenvalue weighted by Gasteiger charge is 2.36. The Morgan fingerprint density at radius 3 is 1.98 bits per heavy atom. The maximum Gasteiger partial charge on any atom is 0.408 e. The van der Waals surface area contributed by atoms with E-state index >= 15 is 0 Å². The number of anilines is 1. The second-order valence-corrected chi connectivity index (χ2v) is 12.4. The standard InChI is InChI=1S/C36H47N3O6/c1-7-8-9-10-22-39(34(43)30(37-35(44)45-36(4,5)6)23-26-14-18-28(40)19-15-26)32(27-16-20-29(41)21-17-27)33(42)38-31-24(2)12-11-13-25(31)3/h11-21,30,32,40-41H,7-10,22-23H2,1-6H3,(H,37,44)(H,38,42). The molecule has 2 atom stereocenters. The molecular weight excluding hydrogens is 570 g/mol. The van der Waals surface area contributed by atoms with Gasteiger partial charge in [-0.15, -0.1) is 0 Å². The number of benzene rings is 3. The molecule has 0 radical (unpaired) electrons. The number of amides is 3. The highest BCUT2D eigenvalue weighted by molar-refractivity contribution is 6.00. The lowest BCUT2D eigenvalue weighted by atomic mass is 9.99. The number of carbonyl (C=O) groups excluding carboxylic acids is 3. The minimum Gasteiger partial charge on any atom is -0.508 e. The molecule has 3 rings (SSSR count). The van der Waals surface area contributed by atoms with Crippen LogP contribution >= 0.6 is 0 Å². The van der Waals surface area contributed by atoms with Gasteiger partial charge in [-0.3, -0.25) is 9.59 Å². The molecule has 3 aromatic carbocycles. The Hall–Kier alpha value is -4.53. The normalized spacial score (nSPS) is 12.6. The lowest BCUT2D eigenvalue weighted by Crippen LogP contribution is -2.53. The van der Waals surface area contributed by atoms with Crippen LogP contribution in [0.4, 0.5) is 10.5 Å². The number of aryl methyl sites for hydroxylation is 2. The van der Waals surface area contributed by atoms with Crippen molar-refractivity contribution in [2.24, 2.45) is 0 Å². The number of hydrogen-bond acceptors (Lipinski definition) is 6. The summed E-state index contributed by atoms with van der Waals surface area (Å²) in [6.07, 6.45) is 2.79. The number of unbranched alkanes of at least 4 members (excludes halogenated alkanes) is 3. The summed E-state index contributed by atoms with van der Waals surface area (Å²) < 4.78 is 5.51. The maximum atomic E-state index is 14.6. The second-order valence-electron chi connectivity index (χ2n) is 12.4. The summed E-state index contributed by atoms with van der Waals surface area (Å²) in [5, 5.41) is 25.7. The molecule has 3 aromatic rings. The van der Waals surface area contributed by atoms with E-state index in [4.69, 9.17) is 4.74 Å². The molecule has 0 heterocycles. The smallest absolute Gasteiger partial charge is 0.408 e. The average molecular weight is 618 g/mol. The molecule has 0 saturated carbocycles. The maximum absolute atomic E-state index is 14.6. The van der Waals surface area contributed by atoms with Crippen molar-refractivity contribution >= 4 is 23.6 Å². The summed E-state index contributed by atoms with van der Waals surface area (Å²) in [5.41, 5.74) is 2.85. The molecule has 0 fully saturated rings. The number of para-hydroxylation sites is 1. The number of nitrogens with one attached hydrogen (secondary N) is 2. The first kappa shape index (κ1) is 35.0. The van der Waals surface area contributed by atoms with E-state index < -0.39 is 35.6 Å². The Morgan fingerprint density at radius 1 is 0.844 bits per heavy atom. The quantitative estimate of drug-likeness (QED) is 0.154. The molecule has 0 spiro atoms. The van der Waals surface area contributed by atoms with Gasteiger partial charge < -0.3 is 30.5 Å². The number of hydrogen-bond donors (Lipinski definition) is 4. The fourth-order valence-corrected chi connectivity index (χ4v) is 5.13. The van der Waals surface area contributed by atoms with Gasteiger partial charge in [0.1, 0.15) is 29.2 Å². The van der Waals surface area contributed by atoms with Gasteiger partial charge in [0.15, 0.2) is 0 Å². The SMILES string of the molecule is CCCCCCN(C(=O)C(Cc1ccc(O)cc1)NC(=O)OC(C)(C)C)C(C(=O)Nc1c(C)cccc1C)c1ccc(O)cc1. The zero-order valence-electron chi connectivity index (χ0n) is 27.2. The Balaban J connectivity index is 2.09. The molecule has 45 heavy (non-hydrogen) atoms. The Kier molecular flexibility index (Phi) is 12.4. The zero-order chi connectivity index (χ0) is 33.1. The van der Waals surface area contributed by atoms with E-state index in [-0.39, 0.29) is 24.5 Å². The third-order valence-corrected chi connectivity index (χ3v) is 7.40. The van der Waals surface area contributed by atoms with Crippen molar-refractivity contribution in [3.8, 4) is 11.5 Å². The van der Waals surface area contributed by atoms with E-state index in [0.717, 1.165) is 30.4 Å². The van der Waals surface area contributed by atoms with Crippen LogP contribution in [-0.4, -0.2) is 51.2 Å². The van der Waals surface area contributed by atoms with E-state index in [1.54, 1.807) is 45.0 Å². The summed E-state index contributed by atoms with van der Waals surface area (Å²) in [5.74, 6) is -0.761. The van der Waals surface area contributed by atoms with Crippen LogP contribution in [-0.2, 0) is 20.7 Å². The average Bonchev–Trinajstić information content (AvgIpc) is 2.97. The highest BCUT2D eigenvalue weighted by Crippen LogP contribution is 2.29. The minimum atomic E-state index is -1.08. The van der Waals surface area contributed by atoms with Crippen molar-refractivity contribution in [2.45, 2.75) is 91.3 Å². The van der Waals surface area contributed by atoms with Crippen molar-refractivity contribution in [1.82, 2.24) is 10.2 Å². The lowest BCUT2D eigenvalue weighted by molar-refractivity contribution is -0.140. The van der Waals surface area contributed by atoms with E-state index in [1.165, 1.54) is 29.2 Å². The van der Waals surface area contributed by atoms with E-state index in [2.05, 4.69) is 17.6 Å². The van der Waals surface area contributed by atoms with Crippen LogP contribution in [0.25, 0.3) is 0 Å². The van der Waals surface area contributed by atoms with Crippen molar-refractivity contribution in [3.63, 3.8) is 0 Å². The van der Waals surface area contributed by atoms with E-state index in [9.17, 15) is 24.6 Å². The lowest BCUT2D eigenvalue weighted by Gasteiger charge is -2.35. The van der Waals surface area contributed by atoms with Crippen LogP contribution in [0.2, 0.25) is 0 Å². The van der Waals surface area contributed by atoms with Gasteiger partial charge in [0.2, 0.25) is 5.91 Å². The first-order chi connectivity index (χ1) is 21.3. The van der Waals surface area contributed by atoms with Crippen molar-refractivity contribution in [2.75, 3.05) is 11.9 Å². The highest BCUT2D eigenvalue weighted by atomic mass is 16.6. The van der Waals surface area contributed by atoms with Crippen LogP contribution in [0.15, 0.2) is 66.7 Å². The molecule has 0 aromatic heterocycles. The Labute approximate surface area is 266 Å². The summed E-state index contributed by atoms with van der Waals surface area (Å²) in [7, 11) is 0. The predicted octanol–water partition coefficient (Wildman–Crippen LogP) is 6.94. The van der Waals surface area contributed by atoms with Crippen molar-refractivity contribution in [3.05, 3.63) is 89.0 Å². The molecule has 0 saturated heterocycles. The number of carbonyl (C=O) groups is 3. The van der Waals surface area contributed by atoms with Crippen LogP contribution in [0.1, 0.15) is 81.7 Å². The van der Waals surface area contributed by atoms with E-state index in [1.807, 2.05) is 32.0 Å². The van der Waals surface area contributed by atoms with Gasteiger partial charge in [0.05, 0.1) is 0 Å². The third kappa shape index (κ3) is 10.6. The molecule has 3 amide bonds. The number of phenolic OH excluding ortho intramolecular Hbond substituents is 2. The van der Waals surface area contributed by atoms with Gasteiger partial charge in [0, 0.05) is 18.7 Å². The zero-order valence-corrected chi connectivity index (χ0v) is 27.2. The summed E-state index contributed by atoms with van der Waals surface area (Å²) in [4.78, 5) is 43.4. The van der Waals surface area contributed by atoms with Gasteiger partial charge in [-0.2, -0.15) is 0 Å². The van der Waals surface area contributed by atoms with Gasteiger partial charge in [0.25, 0.3) is 5.91 Å². The van der Waals surface area contributed by atoms with Crippen LogP contribution < -0.4 is 10.6 Å². The summed E-state index contributed by atoms with van der Waals surface area (Å²) in [6, 6.07) is 16.2. The van der Waals surface area contributed by atoms with Crippen LogP contribution in [0.5, 0.6) is 11.5 Å². The predicted molar refractivity (Wildman–Crippen MR) is 176 cm³/mol. The topological polar surface area (TPSA) is 128 Å². The number of nitrogens with zero attached hydrogens (tertiary/aromatic N) is 1. The number of rotatable bonds is 13. The molecule has 0 aliphatic carbocycles. The Morgan fingerprint density at radius 2 is 1.42 bits per heavy atom. The number of ether oxygens (including phenoxy) is 1. The molecular formula is C36H47N3O6. The van der Waals surface area contributed by atoms with Gasteiger partial charge in [-0.25, -0.2) is 4.79 Å². The molecule has 2 unspecified atom stereocenters. The molecule has 0 aliphatic rings. The number of aromatic hydroxyl groups is 2. The molecule has 9 nitrogen and oxygen atoms in total. The first-order valence-electron chi connectivity index (χ1n) is 15.5. The molecule has 4 N–H and O–H groups in total. The van der Waals surface area contributed by atoms with Crippen molar-refractivity contribution in [1.29, 1.82) is 0 Å². The minimum absolute atomic E-state index is 0.0327. The van der Waals surface area contributed by atoms with Gasteiger partial charge in [-0.05, 0) is 87.6 Å². The van der Waals surface area contributed by atoms with Gasteiger partial charge >= 0.3 is 6.09 Å². The second kappa shape index (κ2) is 16.0. The molecule has 242 valence electrons. The molecule has 9 heteroatoms.